The molecular weight excluding hydrogens is 176 g/mol. The molecule has 0 unspecified atom stereocenters. The summed E-state index contributed by atoms with van der Waals surface area (Å²) >= 11 is 0. The second-order valence-electron chi connectivity index (χ2n) is 2.80. The Morgan fingerprint density at radius 3 is 2.57 bits per heavy atom. The minimum absolute atomic E-state index is 0.582. The molecule has 14 heavy (non-hydrogen) atoms. The molecule has 0 saturated carbocycles. The number of nitrogens with two attached hydrogens (primary N) is 1. The quantitative estimate of drug-likeness (QED) is 0.550. The van der Waals surface area contributed by atoms with Crippen molar-refractivity contribution in [2.45, 2.75) is 0 Å². The lowest BCUT2D eigenvalue weighted by atomic mass is 10.1. The second kappa shape index (κ2) is 3.85. The fourth-order valence-corrected chi connectivity index (χ4v) is 1.29. The largest absolute Gasteiger partial charge is 0.306 e. The molecule has 1 heterocycles. The fraction of sp³-hybridized carbons (Fsp3) is 0. The number of anilines is 1. The van der Waals surface area contributed by atoms with Gasteiger partial charge in [-0.3, -0.25) is 0 Å². The first-order valence-electron chi connectivity index (χ1n) is 4.25. The lowest BCUT2D eigenvalue weighted by Gasteiger charge is -2.05. The van der Waals surface area contributed by atoms with Crippen LogP contribution in [-0.4, -0.2) is 10.2 Å². The number of hydrogen-bond acceptors (Lipinski definition) is 4. The molecule has 0 atom stereocenters. The van der Waals surface area contributed by atoms with Gasteiger partial charge in [0.05, 0.1) is 6.20 Å². The number of rotatable bonds is 2. The van der Waals surface area contributed by atoms with Gasteiger partial charge in [-0.05, 0) is 11.6 Å². The molecule has 2 rings (SSSR count). The van der Waals surface area contributed by atoms with Gasteiger partial charge in [0.25, 0.3) is 0 Å². The molecule has 0 fully saturated rings. The van der Waals surface area contributed by atoms with Gasteiger partial charge in [-0.25, -0.2) is 5.84 Å². The first kappa shape index (κ1) is 8.65. The van der Waals surface area contributed by atoms with E-state index in [2.05, 4.69) is 15.6 Å². The molecule has 0 aliphatic heterocycles. The van der Waals surface area contributed by atoms with E-state index in [1.807, 2.05) is 36.4 Å². The molecule has 0 aliphatic carbocycles. The second-order valence-corrected chi connectivity index (χ2v) is 2.80. The van der Waals surface area contributed by atoms with E-state index < -0.39 is 0 Å². The Morgan fingerprint density at radius 1 is 1.07 bits per heavy atom. The van der Waals surface area contributed by atoms with Gasteiger partial charge in [-0.2, -0.15) is 5.10 Å². The third-order valence-corrected chi connectivity index (χ3v) is 1.94. The number of benzene rings is 1. The molecule has 0 amide bonds. The van der Waals surface area contributed by atoms with Crippen LogP contribution in [0.15, 0.2) is 42.6 Å². The topological polar surface area (TPSA) is 63.8 Å². The zero-order valence-electron chi connectivity index (χ0n) is 7.51. The summed E-state index contributed by atoms with van der Waals surface area (Å²) in [5.41, 5.74) is 4.53. The standard InChI is InChI=1S/C10H10N4/c11-13-10-9(6-7-12-14-10)8-4-2-1-3-5-8/h1-7H,11H2,(H,13,14). The lowest BCUT2D eigenvalue weighted by molar-refractivity contribution is 1.02. The molecule has 0 radical (unpaired) electrons. The van der Waals surface area contributed by atoms with E-state index in [1.54, 1.807) is 6.20 Å². The molecule has 3 N–H and O–H groups in total. The predicted molar refractivity (Wildman–Crippen MR) is 55.3 cm³/mol. The van der Waals surface area contributed by atoms with E-state index in [-0.39, 0.29) is 0 Å². The Balaban J connectivity index is 2.51. The normalized spacial score (nSPS) is 9.79. The minimum Gasteiger partial charge on any atom is -0.306 e. The van der Waals surface area contributed by atoms with Crippen molar-refractivity contribution in [3.8, 4) is 11.1 Å². The van der Waals surface area contributed by atoms with Crippen molar-refractivity contribution in [2.24, 2.45) is 5.84 Å². The maximum absolute atomic E-state index is 5.34. The maximum Gasteiger partial charge on any atom is 0.170 e. The molecule has 1 aromatic heterocycles. The van der Waals surface area contributed by atoms with Gasteiger partial charge in [-0.1, -0.05) is 30.3 Å². The van der Waals surface area contributed by atoms with E-state index in [1.165, 1.54) is 0 Å². The summed E-state index contributed by atoms with van der Waals surface area (Å²) in [4.78, 5) is 0. The average Bonchev–Trinajstić information content (AvgIpc) is 2.30. The van der Waals surface area contributed by atoms with Gasteiger partial charge in [0.1, 0.15) is 0 Å². The van der Waals surface area contributed by atoms with Crippen molar-refractivity contribution < 1.29 is 0 Å². The van der Waals surface area contributed by atoms with Gasteiger partial charge < -0.3 is 5.43 Å². The summed E-state index contributed by atoms with van der Waals surface area (Å²) in [6.45, 7) is 0. The Morgan fingerprint density at radius 2 is 1.86 bits per heavy atom. The van der Waals surface area contributed by atoms with Gasteiger partial charge in [-0.15, -0.1) is 5.10 Å². The van der Waals surface area contributed by atoms with Crippen molar-refractivity contribution in [1.29, 1.82) is 0 Å². The molecule has 2 aromatic rings. The molecule has 4 heteroatoms. The van der Waals surface area contributed by atoms with Crippen molar-refractivity contribution in [3.63, 3.8) is 0 Å². The van der Waals surface area contributed by atoms with Crippen molar-refractivity contribution >= 4 is 5.82 Å². The predicted octanol–water partition coefficient (Wildman–Crippen LogP) is 1.43. The number of hydrogen-bond donors (Lipinski definition) is 2. The third kappa shape index (κ3) is 1.55. The highest BCUT2D eigenvalue weighted by atomic mass is 15.3. The molecule has 70 valence electrons. The number of nitrogens with zero attached hydrogens (tertiary/aromatic N) is 2. The van der Waals surface area contributed by atoms with Crippen molar-refractivity contribution in [1.82, 2.24) is 10.2 Å². The first-order valence-corrected chi connectivity index (χ1v) is 4.25. The molecule has 0 aliphatic rings. The highest BCUT2D eigenvalue weighted by Crippen LogP contribution is 2.23. The summed E-state index contributed by atoms with van der Waals surface area (Å²) < 4.78 is 0. The summed E-state index contributed by atoms with van der Waals surface area (Å²) in [6.07, 6.45) is 1.64. The van der Waals surface area contributed by atoms with Gasteiger partial charge in [0.15, 0.2) is 5.82 Å². The third-order valence-electron chi connectivity index (χ3n) is 1.94. The lowest BCUT2D eigenvalue weighted by Crippen LogP contribution is -2.10. The van der Waals surface area contributed by atoms with Crippen LogP contribution in [0.1, 0.15) is 0 Å². The van der Waals surface area contributed by atoms with Crippen LogP contribution in [0.25, 0.3) is 11.1 Å². The first-order chi connectivity index (χ1) is 6.92. The van der Waals surface area contributed by atoms with Crippen LogP contribution in [-0.2, 0) is 0 Å². The maximum atomic E-state index is 5.34. The summed E-state index contributed by atoms with van der Waals surface area (Å²) in [5.74, 6) is 5.92. The fourth-order valence-electron chi connectivity index (χ4n) is 1.29. The van der Waals surface area contributed by atoms with E-state index in [0.29, 0.717) is 5.82 Å². The molecular formula is C10H10N4. The van der Waals surface area contributed by atoms with Crippen LogP contribution in [0, 0.1) is 0 Å². The van der Waals surface area contributed by atoms with E-state index in [9.17, 15) is 0 Å². The van der Waals surface area contributed by atoms with E-state index >= 15 is 0 Å². The molecule has 4 nitrogen and oxygen atoms in total. The molecule has 1 aromatic carbocycles. The Labute approximate surface area is 81.8 Å². The van der Waals surface area contributed by atoms with Crippen molar-refractivity contribution in [2.75, 3.05) is 5.43 Å². The highest BCUT2D eigenvalue weighted by Gasteiger charge is 2.03. The smallest absolute Gasteiger partial charge is 0.170 e. The minimum atomic E-state index is 0.582. The monoisotopic (exact) mass is 186 g/mol. The van der Waals surface area contributed by atoms with Crippen molar-refractivity contribution in [3.05, 3.63) is 42.6 Å². The number of hydrazine groups is 1. The number of nitrogen functional groups attached to an aromatic ring is 1. The highest BCUT2D eigenvalue weighted by molar-refractivity contribution is 5.73. The van der Waals surface area contributed by atoms with E-state index in [4.69, 9.17) is 5.84 Å². The average molecular weight is 186 g/mol. The van der Waals surface area contributed by atoms with Crippen LogP contribution < -0.4 is 11.3 Å². The van der Waals surface area contributed by atoms with Crippen LogP contribution in [0.3, 0.4) is 0 Å². The van der Waals surface area contributed by atoms with Crippen LogP contribution >= 0.6 is 0 Å². The summed E-state index contributed by atoms with van der Waals surface area (Å²) in [7, 11) is 0. The van der Waals surface area contributed by atoms with E-state index in [0.717, 1.165) is 11.1 Å². The summed E-state index contributed by atoms with van der Waals surface area (Å²) in [6, 6.07) is 11.8. The Hall–Kier alpha value is -1.94. The summed E-state index contributed by atoms with van der Waals surface area (Å²) in [5, 5.41) is 7.64. The SMILES string of the molecule is NNc1nnccc1-c1ccccc1. The zero-order valence-corrected chi connectivity index (χ0v) is 7.51. The van der Waals surface area contributed by atoms with Gasteiger partial charge in [0.2, 0.25) is 0 Å². The number of nitrogens with one attached hydrogen (secondary N) is 1. The van der Waals surface area contributed by atoms with Crippen LogP contribution in [0.4, 0.5) is 5.82 Å². The molecule has 0 bridgehead atoms. The Bertz CT molecular complexity index is 413. The Kier molecular flexibility index (Phi) is 2.38. The van der Waals surface area contributed by atoms with Gasteiger partial charge >= 0.3 is 0 Å². The van der Waals surface area contributed by atoms with Crippen LogP contribution in [0.5, 0.6) is 0 Å². The molecule has 0 saturated heterocycles. The molecule has 0 spiro atoms. The van der Waals surface area contributed by atoms with Crippen LogP contribution in [0.2, 0.25) is 0 Å². The zero-order chi connectivity index (χ0) is 9.80. The van der Waals surface area contributed by atoms with Gasteiger partial charge in [0, 0.05) is 5.56 Å². The number of aromatic nitrogens is 2.